The molecule has 1 aliphatic rings. The van der Waals surface area contributed by atoms with E-state index in [1.165, 1.54) is 11.3 Å². The standard InChI is InChI=1S/C23H27N3O2S/c1-18-3-7-22(8-4-18)28-16-23-24-19(17-29-23)15-25-11-13-26(14-12-25)20-5-9-21(27-2)10-6-20/h3-10,17H,11-16H2,1-2H3. The minimum atomic E-state index is 0.527. The summed E-state index contributed by atoms with van der Waals surface area (Å²) in [7, 11) is 1.70. The number of methoxy groups -OCH3 is 1. The van der Waals surface area contributed by atoms with E-state index in [1.807, 2.05) is 24.3 Å². The number of ether oxygens (including phenoxy) is 2. The van der Waals surface area contributed by atoms with E-state index < -0.39 is 0 Å². The zero-order valence-electron chi connectivity index (χ0n) is 17.0. The Balaban J connectivity index is 1.24. The highest BCUT2D eigenvalue weighted by molar-refractivity contribution is 7.09. The van der Waals surface area contributed by atoms with Crippen molar-refractivity contribution in [2.24, 2.45) is 0 Å². The van der Waals surface area contributed by atoms with Crippen LogP contribution in [0.25, 0.3) is 0 Å². The van der Waals surface area contributed by atoms with Crippen molar-refractivity contribution >= 4 is 17.0 Å². The second kappa shape index (κ2) is 9.29. The van der Waals surface area contributed by atoms with Gasteiger partial charge in [-0.25, -0.2) is 4.98 Å². The van der Waals surface area contributed by atoms with Gasteiger partial charge < -0.3 is 14.4 Å². The van der Waals surface area contributed by atoms with Gasteiger partial charge in [0.25, 0.3) is 0 Å². The van der Waals surface area contributed by atoms with E-state index in [1.54, 1.807) is 18.4 Å². The molecule has 2 heterocycles. The number of hydrogen-bond donors (Lipinski definition) is 0. The maximum Gasteiger partial charge on any atom is 0.140 e. The molecular weight excluding hydrogens is 382 g/mol. The highest BCUT2D eigenvalue weighted by atomic mass is 32.1. The van der Waals surface area contributed by atoms with Gasteiger partial charge in [-0.15, -0.1) is 11.3 Å². The van der Waals surface area contributed by atoms with E-state index in [2.05, 4.69) is 46.4 Å². The van der Waals surface area contributed by atoms with Crippen LogP contribution in [0.1, 0.15) is 16.3 Å². The molecule has 6 heteroatoms. The summed E-state index contributed by atoms with van der Waals surface area (Å²) < 4.78 is 11.1. The molecule has 0 radical (unpaired) electrons. The lowest BCUT2D eigenvalue weighted by molar-refractivity contribution is 0.246. The number of piperazine rings is 1. The first-order chi connectivity index (χ1) is 14.2. The highest BCUT2D eigenvalue weighted by Gasteiger charge is 2.18. The SMILES string of the molecule is COc1ccc(N2CCN(Cc3csc(COc4ccc(C)cc4)n3)CC2)cc1. The Kier molecular flexibility index (Phi) is 6.32. The number of nitrogens with zero attached hydrogens (tertiary/aromatic N) is 3. The first-order valence-corrected chi connectivity index (χ1v) is 10.8. The lowest BCUT2D eigenvalue weighted by Gasteiger charge is -2.35. The van der Waals surface area contributed by atoms with Gasteiger partial charge in [0, 0.05) is 43.8 Å². The number of aromatic nitrogens is 1. The first kappa shape index (κ1) is 19.7. The number of thiazole rings is 1. The van der Waals surface area contributed by atoms with Crippen LogP contribution in [0.5, 0.6) is 11.5 Å². The van der Waals surface area contributed by atoms with Gasteiger partial charge in [0.2, 0.25) is 0 Å². The van der Waals surface area contributed by atoms with E-state index >= 15 is 0 Å². The van der Waals surface area contributed by atoms with Crippen molar-refractivity contribution in [2.75, 3.05) is 38.2 Å². The number of rotatable bonds is 7. The van der Waals surface area contributed by atoms with E-state index in [0.717, 1.165) is 54.9 Å². The Labute approximate surface area is 176 Å². The Morgan fingerprint density at radius 2 is 1.62 bits per heavy atom. The van der Waals surface area contributed by atoms with Crippen molar-refractivity contribution in [1.82, 2.24) is 9.88 Å². The minimum Gasteiger partial charge on any atom is -0.497 e. The quantitative estimate of drug-likeness (QED) is 0.580. The van der Waals surface area contributed by atoms with Crippen LogP contribution in [-0.2, 0) is 13.2 Å². The third-order valence-corrected chi connectivity index (χ3v) is 6.05. The van der Waals surface area contributed by atoms with Crippen LogP contribution in [0.15, 0.2) is 53.9 Å². The zero-order valence-corrected chi connectivity index (χ0v) is 17.8. The smallest absolute Gasteiger partial charge is 0.140 e. The Morgan fingerprint density at radius 3 is 2.31 bits per heavy atom. The molecule has 1 aliphatic heterocycles. The van der Waals surface area contributed by atoms with Crippen molar-refractivity contribution in [3.63, 3.8) is 0 Å². The first-order valence-electron chi connectivity index (χ1n) is 9.94. The van der Waals surface area contributed by atoms with Crippen LogP contribution in [0, 0.1) is 6.92 Å². The molecule has 4 rings (SSSR count). The Morgan fingerprint density at radius 1 is 0.931 bits per heavy atom. The molecule has 5 nitrogen and oxygen atoms in total. The summed E-state index contributed by atoms with van der Waals surface area (Å²) in [6.07, 6.45) is 0. The van der Waals surface area contributed by atoms with E-state index in [-0.39, 0.29) is 0 Å². The molecule has 0 spiro atoms. The molecule has 0 aliphatic carbocycles. The number of aryl methyl sites for hydroxylation is 1. The Bertz CT molecular complexity index is 901. The van der Waals surface area contributed by atoms with Crippen LogP contribution in [0.2, 0.25) is 0 Å². The second-order valence-corrected chi connectivity index (χ2v) is 8.24. The van der Waals surface area contributed by atoms with Crippen LogP contribution < -0.4 is 14.4 Å². The number of benzene rings is 2. The molecule has 152 valence electrons. The lowest BCUT2D eigenvalue weighted by Crippen LogP contribution is -2.46. The summed E-state index contributed by atoms with van der Waals surface area (Å²) in [5.74, 6) is 1.79. The fourth-order valence-corrected chi connectivity index (χ4v) is 4.15. The van der Waals surface area contributed by atoms with Crippen molar-refractivity contribution in [3.05, 3.63) is 70.2 Å². The van der Waals surface area contributed by atoms with Gasteiger partial charge in [0.15, 0.2) is 0 Å². The fraction of sp³-hybridized carbons (Fsp3) is 0.348. The molecule has 29 heavy (non-hydrogen) atoms. The molecule has 2 aromatic carbocycles. The largest absolute Gasteiger partial charge is 0.497 e. The van der Waals surface area contributed by atoms with Gasteiger partial charge in [-0.1, -0.05) is 17.7 Å². The molecule has 0 unspecified atom stereocenters. The van der Waals surface area contributed by atoms with Crippen LogP contribution in [0.3, 0.4) is 0 Å². The second-order valence-electron chi connectivity index (χ2n) is 7.30. The molecule has 1 saturated heterocycles. The summed E-state index contributed by atoms with van der Waals surface area (Å²) in [4.78, 5) is 9.66. The molecule has 1 aromatic heterocycles. The summed E-state index contributed by atoms with van der Waals surface area (Å²) in [5, 5.41) is 3.18. The van der Waals surface area contributed by atoms with E-state index in [9.17, 15) is 0 Å². The number of hydrogen-bond acceptors (Lipinski definition) is 6. The lowest BCUT2D eigenvalue weighted by atomic mass is 10.2. The van der Waals surface area contributed by atoms with E-state index in [0.29, 0.717) is 6.61 Å². The van der Waals surface area contributed by atoms with Crippen LogP contribution >= 0.6 is 11.3 Å². The van der Waals surface area contributed by atoms with Gasteiger partial charge in [-0.3, -0.25) is 4.90 Å². The molecule has 0 amide bonds. The maximum absolute atomic E-state index is 5.85. The van der Waals surface area contributed by atoms with Crippen molar-refractivity contribution in [3.8, 4) is 11.5 Å². The van der Waals surface area contributed by atoms with Crippen molar-refractivity contribution in [2.45, 2.75) is 20.1 Å². The predicted molar refractivity (Wildman–Crippen MR) is 118 cm³/mol. The average molecular weight is 410 g/mol. The normalized spacial score (nSPS) is 14.8. The van der Waals surface area contributed by atoms with Crippen molar-refractivity contribution < 1.29 is 9.47 Å². The van der Waals surface area contributed by atoms with Gasteiger partial charge >= 0.3 is 0 Å². The highest BCUT2D eigenvalue weighted by Crippen LogP contribution is 2.22. The van der Waals surface area contributed by atoms with Crippen LogP contribution in [0.4, 0.5) is 5.69 Å². The van der Waals surface area contributed by atoms with Gasteiger partial charge in [0.05, 0.1) is 12.8 Å². The van der Waals surface area contributed by atoms with Gasteiger partial charge in [0.1, 0.15) is 23.1 Å². The third kappa shape index (κ3) is 5.28. The molecule has 0 saturated carbocycles. The number of anilines is 1. The third-order valence-electron chi connectivity index (χ3n) is 5.18. The molecule has 3 aromatic rings. The van der Waals surface area contributed by atoms with E-state index in [4.69, 9.17) is 14.5 Å². The molecule has 0 atom stereocenters. The maximum atomic E-state index is 5.85. The molecular formula is C23H27N3O2S. The zero-order chi connectivity index (χ0) is 20.1. The molecule has 0 N–H and O–H groups in total. The monoisotopic (exact) mass is 409 g/mol. The average Bonchev–Trinajstić information content (AvgIpc) is 3.21. The van der Waals surface area contributed by atoms with Gasteiger partial charge in [-0.2, -0.15) is 0 Å². The topological polar surface area (TPSA) is 37.8 Å². The Hall–Kier alpha value is -2.57. The summed E-state index contributed by atoms with van der Waals surface area (Å²) in [6.45, 7) is 7.64. The van der Waals surface area contributed by atoms with Crippen LogP contribution in [-0.4, -0.2) is 43.2 Å². The summed E-state index contributed by atoms with van der Waals surface area (Å²) in [5.41, 5.74) is 3.63. The minimum absolute atomic E-state index is 0.527. The predicted octanol–water partition coefficient (Wildman–Crippen LogP) is 4.36. The fourth-order valence-electron chi connectivity index (χ4n) is 3.45. The summed E-state index contributed by atoms with van der Waals surface area (Å²) in [6, 6.07) is 16.5. The molecule has 0 bridgehead atoms. The van der Waals surface area contributed by atoms with Gasteiger partial charge in [-0.05, 0) is 43.3 Å². The summed E-state index contributed by atoms with van der Waals surface area (Å²) >= 11 is 1.68. The van der Waals surface area contributed by atoms with Crippen molar-refractivity contribution in [1.29, 1.82) is 0 Å². The molecule has 1 fully saturated rings.